The molecule has 0 unspecified atom stereocenters. The number of nitrogens with zero attached hydrogens (tertiary/aromatic N) is 4. The van der Waals surface area contributed by atoms with Gasteiger partial charge in [0.05, 0.1) is 19.8 Å². The zero-order valence-corrected chi connectivity index (χ0v) is 15.2. The van der Waals surface area contributed by atoms with E-state index >= 15 is 0 Å². The second-order valence-corrected chi connectivity index (χ2v) is 5.90. The number of hydrogen-bond acceptors (Lipinski definition) is 6. The number of aliphatic imine (C=N–C) groups is 1. The highest BCUT2D eigenvalue weighted by Gasteiger charge is 2.10. The number of ether oxygens (including phenoxy) is 1. The van der Waals surface area contributed by atoms with Gasteiger partial charge < -0.3 is 15.4 Å². The van der Waals surface area contributed by atoms with Crippen molar-refractivity contribution in [3.63, 3.8) is 0 Å². The highest BCUT2D eigenvalue weighted by atomic mass is 32.1. The quantitative estimate of drug-likeness (QED) is 0.405. The molecule has 132 valence electrons. The first kappa shape index (κ1) is 18.5. The largest absolute Gasteiger partial charge is 0.379 e. The first-order chi connectivity index (χ1) is 11.6. The third-order valence-corrected chi connectivity index (χ3v) is 3.77. The Balaban J connectivity index is 1.99. The molecule has 0 spiro atoms. The van der Waals surface area contributed by atoms with Crippen LogP contribution in [-0.4, -0.2) is 72.4 Å². The number of aromatic nitrogens is 2. The van der Waals surface area contributed by atoms with Crippen LogP contribution < -0.4 is 16.0 Å². The summed E-state index contributed by atoms with van der Waals surface area (Å²) in [5.74, 6) is 1.04. The average molecular weight is 351 g/mol. The van der Waals surface area contributed by atoms with E-state index in [0.717, 1.165) is 44.2 Å². The predicted molar refractivity (Wildman–Crippen MR) is 99.5 cm³/mol. The van der Waals surface area contributed by atoms with Crippen molar-refractivity contribution in [2.24, 2.45) is 4.99 Å². The molecule has 0 atom stereocenters. The van der Waals surface area contributed by atoms with Gasteiger partial charge in [0.1, 0.15) is 0 Å². The predicted octanol–water partition coefficient (Wildman–Crippen LogP) is 0.287. The van der Waals surface area contributed by atoms with E-state index in [1.54, 1.807) is 7.05 Å². The van der Waals surface area contributed by atoms with Crippen LogP contribution in [0.5, 0.6) is 0 Å². The number of morpholine rings is 1. The van der Waals surface area contributed by atoms with Gasteiger partial charge in [-0.3, -0.25) is 15.2 Å². The van der Waals surface area contributed by atoms with Crippen LogP contribution in [0.4, 0.5) is 5.95 Å². The molecule has 0 saturated carbocycles. The zero-order valence-electron chi connectivity index (χ0n) is 14.4. The minimum atomic E-state index is 0.483. The number of aryl methyl sites for hydroxylation is 2. The normalized spacial score (nSPS) is 15.9. The summed E-state index contributed by atoms with van der Waals surface area (Å²) in [6.45, 7) is 8.84. The highest BCUT2D eigenvalue weighted by molar-refractivity contribution is 7.80. The second-order valence-electron chi connectivity index (χ2n) is 5.49. The molecule has 1 aromatic heterocycles. The van der Waals surface area contributed by atoms with Crippen molar-refractivity contribution in [3.05, 3.63) is 17.5 Å². The average Bonchev–Trinajstić information content (AvgIpc) is 2.54. The van der Waals surface area contributed by atoms with Gasteiger partial charge in [-0.1, -0.05) is 0 Å². The van der Waals surface area contributed by atoms with Crippen molar-refractivity contribution in [2.75, 3.05) is 51.8 Å². The number of guanidine groups is 1. The third-order valence-electron chi connectivity index (χ3n) is 3.46. The van der Waals surface area contributed by atoms with Gasteiger partial charge in [0.15, 0.2) is 5.11 Å². The van der Waals surface area contributed by atoms with Crippen LogP contribution in [0, 0.1) is 13.8 Å². The van der Waals surface area contributed by atoms with E-state index in [2.05, 4.69) is 35.8 Å². The molecule has 0 bridgehead atoms. The molecule has 1 aliphatic rings. The van der Waals surface area contributed by atoms with Gasteiger partial charge in [0.25, 0.3) is 0 Å². The van der Waals surface area contributed by atoms with E-state index < -0.39 is 0 Å². The number of hydrogen-bond donors (Lipinski definition) is 3. The van der Waals surface area contributed by atoms with Crippen LogP contribution >= 0.6 is 12.2 Å². The van der Waals surface area contributed by atoms with Gasteiger partial charge in [0, 0.05) is 38.1 Å². The van der Waals surface area contributed by atoms with E-state index in [-0.39, 0.29) is 0 Å². The molecule has 8 nitrogen and oxygen atoms in total. The molecule has 1 aromatic rings. The first-order valence-corrected chi connectivity index (χ1v) is 8.40. The van der Waals surface area contributed by atoms with E-state index in [1.807, 2.05) is 19.9 Å². The molecule has 2 heterocycles. The molecule has 0 aromatic carbocycles. The van der Waals surface area contributed by atoms with Crippen molar-refractivity contribution in [1.82, 2.24) is 25.5 Å². The number of rotatable bonds is 4. The van der Waals surface area contributed by atoms with Crippen LogP contribution in [0.2, 0.25) is 0 Å². The van der Waals surface area contributed by atoms with Crippen LogP contribution in [0.1, 0.15) is 11.4 Å². The number of nitrogens with one attached hydrogen (secondary N) is 3. The molecule has 1 aliphatic heterocycles. The molecular formula is C15H25N7OS. The Labute approximate surface area is 148 Å². The Morgan fingerprint density at radius 1 is 1.29 bits per heavy atom. The molecule has 0 amide bonds. The van der Waals surface area contributed by atoms with Crippen LogP contribution in [0.3, 0.4) is 0 Å². The van der Waals surface area contributed by atoms with Crippen molar-refractivity contribution < 1.29 is 4.74 Å². The van der Waals surface area contributed by atoms with Crippen molar-refractivity contribution in [3.8, 4) is 0 Å². The first-order valence-electron chi connectivity index (χ1n) is 7.99. The molecule has 3 N–H and O–H groups in total. The fraction of sp³-hybridized carbons (Fsp3) is 0.600. The molecule has 24 heavy (non-hydrogen) atoms. The van der Waals surface area contributed by atoms with Gasteiger partial charge in [-0.25, -0.2) is 9.97 Å². The summed E-state index contributed by atoms with van der Waals surface area (Å²) in [6, 6.07) is 1.92. The summed E-state index contributed by atoms with van der Waals surface area (Å²) in [5, 5.41) is 9.50. The summed E-state index contributed by atoms with van der Waals surface area (Å²) >= 11 is 5.16. The Bertz CT molecular complexity index is 567. The summed E-state index contributed by atoms with van der Waals surface area (Å²) in [7, 11) is 1.76. The SMILES string of the molecule is CNC(=S)NC(=NCCN1CCOCC1)Nc1nc(C)cc(C)n1. The van der Waals surface area contributed by atoms with Crippen molar-refractivity contribution in [2.45, 2.75) is 13.8 Å². The molecular weight excluding hydrogens is 326 g/mol. The van der Waals surface area contributed by atoms with E-state index in [1.165, 1.54) is 0 Å². The van der Waals surface area contributed by atoms with Crippen LogP contribution in [0.15, 0.2) is 11.1 Å². The topological polar surface area (TPSA) is 86.7 Å². The lowest BCUT2D eigenvalue weighted by Gasteiger charge is -2.25. The van der Waals surface area contributed by atoms with Gasteiger partial charge in [0.2, 0.25) is 11.9 Å². The summed E-state index contributed by atoms with van der Waals surface area (Å²) in [4.78, 5) is 15.6. The lowest BCUT2D eigenvalue weighted by Crippen LogP contribution is -2.42. The molecule has 9 heteroatoms. The monoisotopic (exact) mass is 351 g/mol. The summed E-state index contributed by atoms with van der Waals surface area (Å²) in [5.41, 5.74) is 1.79. The van der Waals surface area contributed by atoms with E-state index in [9.17, 15) is 0 Å². The summed E-state index contributed by atoms with van der Waals surface area (Å²) in [6.07, 6.45) is 0. The second kappa shape index (κ2) is 9.45. The van der Waals surface area contributed by atoms with Gasteiger partial charge in [-0.2, -0.15) is 0 Å². The van der Waals surface area contributed by atoms with Crippen LogP contribution in [0.25, 0.3) is 0 Å². The zero-order chi connectivity index (χ0) is 17.4. The fourth-order valence-electron chi connectivity index (χ4n) is 2.30. The minimum absolute atomic E-state index is 0.483. The summed E-state index contributed by atoms with van der Waals surface area (Å²) < 4.78 is 5.35. The van der Waals surface area contributed by atoms with Crippen molar-refractivity contribution >= 4 is 29.2 Å². The third kappa shape index (κ3) is 6.34. The lowest BCUT2D eigenvalue weighted by atomic mass is 10.4. The Hall–Kier alpha value is -1.84. The standard InChI is InChI=1S/C15H25N7OS/c1-11-10-12(2)19-14(18-11)20-13(21-15(24)16-3)17-4-5-22-6-8-23-9-7-22/h10H,4-9H2,1-3H3,(H3,16,17,18,19,20,21,24). The van der Waals surface area contributed by atoms with E-state index in [4.69, 9.17) is 17.0 Å². The van der Waals surface area contributed by atoms with Gasteiger partial charge >= 0.3 is 0 Å². The number of anilines is 1. The van der Waals surface area contributed by atoms with Gasteiger partial charge in [-0.05, 0) is 32.1 Å². The van der Waals surface area contributed by atoms with Crippen LogP contribution in [-0.2, 0) is 4.74 Å². The fourth-order valence-corrected chi connectivity index (χ4v) is 2.39. The Morgan fingerprint density at radius 2 is 1.96 bits per heavy atom. The number of thiocarbonyl (C=S) groups is 1. The molecule has 1 fully saturated rings. The Kier molecular flexibility index (Phi) is 7.29. The molecule has 0 radical (unpaired) electrons. The molecule has 0 aliphatic carbocycles. The maximum absolute atomic E-state index is 5.35. The van der Waals surface area contributed by atoms with Crippen molar-refractivity contribution in [1.29, 1.82) is 0 Å². The molecule has 2 rings (SSSR count). The lowest BCUT2D eigenvalue weighted by molar-refractivity contribution is 0.0394. The van der Waals surface area contributed by atoms with Gasteiger partial charge in [-0.15, -0.1) is 0 Å². The Morgan fingerprint density at radius 3 is 2.58 bits per heavy atom. The molecule has 1 saturated heterocycles. The smallest absolute Gasteiger partial charge is 0.229 e. The highest BCUT2D eigenvalue weighted by Crippen LogP contribution is 2.03. The van der Waals surface area contributed by atoms with E-state index in [0.29, 0.717) is 23.6 Å². The minimum Gasteiger partial charge on any atom is -0.379 e. The maximum atomic E-state index is 5.35. The maximum Gasteiger partial charge on any atom is 0.229 e.